The summed E-state index contributed by atoms with van der Waals surface area (Å²) in [6, 6.07) is 12.4. The molecule has 1 heterocycles. The zero-order chi connectivity index (χ0) is 14.1. The highest BCUT2D eigenvalue weighted by Crippen LogP contribution is 2.41. The highest BCUT2D eigenvalue weighted by Gasteiger charge is 2.23. The van der Waals surface area contributed by atoms with E-state index in [1.807, 2.05) is 12.1 Å². The fraction of sp³-hybridized carbons (Fsp3) is 0.294. The third kappa shape index (κ3) is 2.25. The van der Waals surface area contributed by atoms with Gasteiger partial charge in [0.05, 0.1) is 0 Å². The van der Waals surface area contributed by atoms with Gasteiger partial charge in [0, 0.05) is 12.1 Å². The predicted octanol–water partition coefficient (Wildman–Crippen LogP) is 3.07. The SMILES string of the molecule is Cc1ccc(-c2cccc3c2O[C@@H](CN)CO3)c(C)c1. The van der Waals surface area contributed by atoms with Crippen molar-refractivity contribution >= 4 is 0 Å². The molecule has 0 spiro atoms. The average Bonchev–Trinajstić information content (AvgIpc) is 2.46. The summed E-state index contributed by atoms with van der Waals surface area (Å²) >= 11 is 0. The second-order valence-electron chi connectivity index (χ2n) is 5.24. The van der Waals surface area contributed by atoms with E-state index < -0.39 is 0 Å². The summed E-state index contributed by atoms with van der Waals surface area (Å²) in [7, 11) is 0. The van der Waals surface area contributed by atoms with Crippen LogP contribution in [0.25, 0.3) is 11.1 Å². The minimum Gasteiger partial charge on any atom is -0.486 e. The first kappa shape index (κ1) is 13.0. The predicted molar refractivity (Wildman–Crippen MR) is 80.3 cm³/mol. The molecule has 2 aromatic rings. The molecule has 0 unspecified atom stereocenters. The number of fused-ring (bicyclic) bond motifs is 1. The molecule has 2 aromatic carbocycles. The molecule has 1 aliphatic rings. The zero-order valence-electron chi connectivity index (χ0n) is 11.8. The summed E-state index contributed by atoms with van der Waals surface area (Å²) < 4.78 is 11.7. The van der Waals surface area contributed by atoms with Crippen molar-refractivity contribution < 1.29 is 9.47 Å². The maximum Gasteiger partial charge on any atom is 0.169 e. The molecule has 2 N–H and O–H groups in total. The lowest BCUT2D eigenvalue weighted by molar-refractivity contribution is 0.0976. The van der Waals surface area contributed by atoms with Crippen molar-refractivity contribution in [3.63, 3.8) is 0 Å². The molecule has 0 saturated carbocycles. The van der Waals surface area contributed by atoms with Gasteiger partial charge in [-0.05, 0) is 31.0 Å². The highest BCUT2D eigenvalue weighted by molar-refractivity contribution is 5.76. The highest BCUT2D eigenvalue weighted by atomic mass is 16.6. The Morgan fingerprint density at radius 2 is 2.00 bits per heavy atom. The molecule has 3 nitrogen and oxygen atoms in total. The van der Waals surface area contributed by atoms with E-state index in [1.54, 1.807) is 0 Å². The maximum absolute atomic E-state index is 6.00. The van der Waals surface area contributed by atoms with Crippen LogP contribution < -0.4 is 15.2 Å². The van der Waals surface area contributed by atoms with E-state index in [1.165, 1.54) is 16.7 Å². The molecule has 1 atom stereocenters. The van der Waals surface area contributed by atoms with Crippen molar-refractivity contribution in [3.05, 3.63) is 47.5 Å². The van der Waals surface area contributed by atoms with Gasteiger partial charge < -0.3 is 15.2 Å². The molecular weight excluding hydrogens is 250 g/mol. The first-order valence-electron chi connectivity index (χ1n) is 6.89. The van der Waals surface area contributed by atoms with Crippen molar-refractivity contribution in [1.29, 1.82) is 0 Å². The molecule has 1 aliphatic heterocycles. The van der Waals surface area contributed by atoms with E-state index in [-0.39, 0.29) is 6.10 Å². The minimum atomic E-state index is -0.0746. The Balaban J connectivity index is 2.10. The van der Waals surface area contributed by atoms with Gasteiger partial charge in [-0.3, -0.25) is 0 Å². The van der Waals surface area contributed by atoms with Crippen LogP contribution in [-0.2, 0) is 0 Å². The Morgan fingerprint density at radius 1 is 1.15 bits per heavy atom. The van der Waals surface area contributed by atoms with E-state index in [0.29, 0.717) is 13.2 Å². The fourth-order valence-corrected chi connectivity index (χ4v) is 2.58. The van der Waals surface area contributed by atoms with E-state index in [2.05, 4.69) is 38.1 Å². The van der Waals surface area contributed by atoms with E-state index in [4.69, 9.17) is 15.2 Å². The van der Waals surface area contributed by atoms with Gasteiger partial charge in [0.15, 0.2) is 11.5 Å². The second-order valence-corrected chi connectivity index (χ2v) is 5.24. The lowest BCUT2D eigenvalue weighted by atomic mass is 9.97. The second kappa shape index (κ2) is 5.17. The third-order valence-electron chi connectivity index (χ3n) is 3.62. The van der Waals surface area contributed by atoms with Crippen LogP contribution in [0.2, 0.25) is 0 Å². The summed E-state index contributed by atoms with van der Waals surface area (Å²) in [5, 5.41) is 0. The molecule has 0 fully saturated rings. The van der Waals surface area contributed by atoms with Crippen LogP contribution in [0.4, 0.5) is 0 Å². The summed E-state index contributed by atoms with van der Waals surface area (Å²) in [5.74, 6) is 1.60. The van der Waals surface area contributed by atoms with Crippen molar-refractivity contribution in [2.24, 2.45) is 5.73 Å². The minimum absolute atomic E-state index is 0.0746. The van der Waals surface area contributed by atoms with E-state index in [9.17, 15) is 0 Å². The molecule has 20 heavy (non-hydrogen) atoms. The van der Waals surface area contributed by atoms with Gasteiger partial charge in [0.25, 0.3) is 0 Å². The Hall–Kier alpha value is -2.00. The third-order valence-corrected chi connectivity index (χ3v) is 3.62. The Bertz CT molecular complexity index is 637. The number of rotatable bonds is 2. The average molecular weight is 269 g/mol. The van der Waals surface area contributed by atoms with Crippen LogP contribution in [0.1, 0.15) is 11.1 Å². The number of para-hydroxylation sites is 1. The van der Waals surface area contributed by atoms with Crippen LogP contribution >= 0.6 is 0 Å². The standard InChI is InChI=1S/C17H19NO2/c1-11-6-7-14(12(2)8-11)15-4-3-5-16-17(15)20-13(9-18)10-19-16/h3-8,13H,9-10,18H2,1-2H3/t13-/m0/s1. The number of aryl methyl sites for hydroxylation is 2. The molecule has 0 saturated heterocycles. The Morgan fingerprint density at radius 3 is 2.75 bits per heavy atom. The van der Waals surface area contributed by atoms with Crippen LogP contribution in [0.3, 0.4) is 0 Å². The molecule has 104 valence electrons. The first-order chi connectivity index (χ1) is 9.69. The Labute approximate surface area is 119 Å². The van der Waals surface area contributed by atoms with Gasteiger partial charge in [-0.1, -0.05) is 35.9 Å². The number of benzene rings is 2. The number of hydrogen-bond donors (Lipinski definition) is 1. The molecule has 3 heteroatoms. The topological polar surface area (TPSA) is 44.5 Å². The van der Waals surface area contributed by atoms with E-state index in [0.717, 1.165) is 17.1 Å². The molecule has 0 aromatic heterocycles. The zero-order valence-corrected chi connectivity index (χ0v) is 11.8. The monoisotopic (exact) mass is 269 g/mol. The lowest BCUT2D eigenvalue weighted by Gasteiger charge is -2.27. The van der Waals surface area contributed by atoms with Crippen LogP contribution in [-0.4, -0.2) is 19.3 Å². The van der Waals surface area contributed by atoms with Gasteiger partial charge >= 0.3 is 0 Å². The van der Waals surface area contributed by atoms with Gasteiger partial charge in [-0.2, -0.15) is 0 Å². The quantitative estimate of drug-likeness (QED) is 0.911. The van der Waals surface area contributed by atoms with Crippen molar-refractivity contribution in [2.45, 2.75) is 20.0 Å². The smallest absolute Gasteiger partial charge is 0.169 e. The number of nitrogens with two attached hydrogens (primary N) is 1. The first-order valence-corrected chi connectivity index (χ1v) is 6.89. The summed E-state index contributed by atoms with van der Waals surface area (Å²) in [5.41, 5.74) is 10.4. The van der Waals surface area contributed by atoms with Gasteiger partial charge in [0.1, 0.15) is 12.7 Å². The summed E-state index contributed by atoms with van der Waals surface area (Å²) in [6.45, 7) is 5.19. The largest absolute Gasteiger partial charge is 0.486 e. The fourth-order valence-electron chi connectivity index (χ4n) is 2.58. The maximum atomic E-state index is 6.00. The molecule has 0 aliphatic carbocycles. The lowest BCUT2D eigenvalue weighted by Crippen LogP contribution is -2.35. The van der Waals surface area contributed by atoms with E-state index >= 15 is 0 Å². The molecule has 0 amide bonds. The van der Waals surface area contributed by atoms with Crippen molar-refractivity contribution in [1.82, 2.24) is 0 Å². The molecule has 0 bridgehead atoms. The van der Waals surface area contributed by atoms with Crippen LogP contribution in [0.5, 0.6) is 11.5 Å². The molecule has 3 rings (SSSR count). The molecular formula is C17H19NO2. The summed E-state index contributed by atoms with van der Waals surface area (Å²) in [4.78, 5) is 0. The number of ether oxygens (including phenoxy) is 2. The Kier molecular flexibility index (Phi) is 3.36. The van der Waals surface area contributed by atoms with Crippen molar-refractivity contribution in [2.75, 3.05) is 13.2 Å². The van der Waals surface area contributed by atoms with Gasteiger partial charge in [0.2, 0.25) is 0 Å². The van der Waals surface area contributed by atoms with Crippen molar-refractivity contribution in [3.8, 4) is 22.6 Å². The molecule has 0 radical (unpaired) electrons. The van der Waals surface area contributed by atoms with Crippen LogP contribution in [0.15, 0.2) is 36.4 Å². The normalized spacial score (nSPS) is 17.1. The van der Waals surface area contributed by atoms with Gasteiger partial charge in [-0.15, -0.1) is 0 Å². The number of hydrogen-bond acceptors (Lipinski definition) is 3. The van der Waals surface area contributed by atoms with Crippen LogP contribution in [0, 0.1) is 13.8 Å². The summed E-state index contributed by atoms with van der Waals surface area (Å²) in [6.07, 6.45) is -0.0746. The van der Waals surface area contributed by atoms with Gasteiger partial charge in [-0.25, -0.2) is 0 Å².